The Morgan fingerprint density at radius 3 is 1.90 bits per heavy atom. The summed E-state index contributed by atoms with van der Waals surface area (Å²) in [5, 5.41) is 12.1. The molecule has 5 rings (SSSR count). The summed E-state index contributed by atoms with van der Waals surface area (Å²) in [6.07, 6.45) is -4.50. The van der Waals surface area contributed by atoms with Crippen LogP contribution in [0.5, 0.6) is 0 Å². The van der Waals surface area contributed by atoms with Crippen LogP contribution in [-0.4, -0.2) is 38.3 Å². The van der Waals surface area contributed by atoms with Gasteiger partial charge < -0.3 is 9.80 Å². The van der Waals surface area contributed by atoms with Crippen molar-refractivity contribution in [2.24, 2.45) is 18.9 Å². The smallest absolute Gasteiger partial charge is 0.356 e. The van der Waals surface area contributed by atoms with Crippen LogP contribution in [0.1, 0.15) is 66.1 Å². The number of hydrogen-bond donors (Lipinski definition) is 0. The maximum atomic E-state index is 13.6. The summed E-state index contributed by atoms with van der Waals surface area (Å²) in [6, 6.07) is 3.65. The third kappa shape index (κ3) is 7.28. The van der Waals surface area contributed by atoms with Gasteiger partial charge in [0.05, 0.1) is 18.2 Å². The number of nitrogens with zero attached hydrogens (tertiary/aromatic N) is 7. The quantitative estimate of drug-likeness (QED) is 0.246. The molecule has 2 heterocycles. The van der Waals surface area contributed by atoms with Crippen LogP contribution in [-0.2, 0) is 38.9 Å². The second-order valence-corrected chi connectivity index (χ2v) is 11.2. The van der Waals surface area contributed by atoms with Gasteiger partial charge in [0.1, 0.15) is 5.82 Å². The van der Waals surface area contributed by atoms with Gasteiger partial charge in [-0.3, -0.25) is 0 Å². The van der Waals surface area contributed by atoms with Crippen molar-refractivity contribution in [3.8, 4) is 0 Å². The third-order valence-corrected chi connectivity index (χ3v) is 7.52. The monoisotopic (exact) mass is 581 g/mol. The minimum atomic E-state index is -4.94. The molecule has 2 saturated carbocycles. The van der Waals surface area contributed by atoms with Crippen LogP contribution in [0, 0.1) is 18.8 Å². The van der Waals surface area contributed by atoms with Crippen molar-refractivity contribution in [3.63, 3.8) is 0 Å². The topological polar surface area (TPSA) is 63.0 Å². The summed E-state index contributed by atoms with van der Waals surface area (Å²) in [5.74, 6) is 2.09. The Morgan fingerprint density at radius 2 is 1.44 bits per heavy atom. The Balaban J connectivity index is 1.55. The lowest BCUT2D eigenvalue weighted by Crippen LogP contribution is -2.32. The number of pyridine rings is 1. The molecule has 0 unspecified atom stereocenters. The number of tetrazole rings is 1. The number of alkyl halides is 6. The minimum Gasteiger partial charge on any atom is -0.356 e. The highest BCUT2D eigenvalue weighted by Gasteiger charge is 2.37. The summed E-state index contributed by atoms with van der Waals surface area (Å²) < 4.78 is 81.5. The average molecular weight is 582 g/mol. The lowest BCUT2D eigenvalue weighted by atomic mass is 10.0. The predicted molar refractivity (Wildman–Crippen MR) is 141 cm³/mol. The SMILES string of the molecule is CCc1nc(N(CC2CC2)CC2CC2)c(CN(Cc2cc(C(F)(F)F)cc(C(F)(F)F)c2)c2nnn(C)n2)cc1C. The molecule has 0 amide bonds. The number of aryl methyl sites for hydroxylation is 3. The van der Waals surface area contributed by atoms with Gasteiger partial charge in [0.25, 0.3) is 5.95 Å². The van der Waals surface area contributed by atoms with E-state index in [1.54, 1.807) is 11.9 Å². The van der Waals surface area contributed by atoms with Crippen LogP contribution >= 0.6 is 0 Å². The Hall–Kier alpha value is -3.38. The van der Waals surface area contributed by atoms with E-state index in [-0.39, 0.29) is 30.7 Å². The van der Waals surface area contributed by atoms with Gasteiger partial charge in [-0.15, -0.1) is 5.10 Å². The Bertz CT molecular complexity index is 1330. The normalized spacial score (nSPS) is 15.8. The van der Waals surface area contributed by atoms with Gasteiger partial charge in [0, 0.05) is 37.4 Å². The maximum absolute atomic E-state index is 13.6. The van der Waals surface area contributed by atoms with Crippen LogP contribution < -0.4 is 9.80 Å². The molecule has 0 atom stereocenters. The molecule has 3 aromatic rings. The Kier molecular flexibility index (Phi) is 7.90. The largest absolute Gasteiger partial charge is 0.416 e. The lowest BCUT2D eigenvalue weighted by Gasteiger charge is -2.29. The number of hydrogen-bond acceptors (Lipinski definition) is 6. The third-order valence-electron chi connectivity index (χ3n) is 7.52. The van der Waals surface area contributed by atoms with Crippen LogP contribution in [0.2, 0.25) is 0 Å². The first-order valence-corrected chi connectivity index (χ1v) is 13.8. The van der Waals surface area contributed by atoms with Gasteiger partial charge in [0.15, 0.2) is 0 Å². The van der Waals surface area contributed by atoms with Gasteiger partial charge >= 0.3 is 12.4 Å². The van der Waals surface area contributed by atoms with Crippen molar-refractivity contribution < 1.29 is 26.3 Å². The fraction of sp³-hybridized carbons (Fsp3) is 0.571. The van der Waals surface area contributed by atoms with Gasteiger partial charge in [-0.1, -0.05) is 12.0 Å². The molecule has 2 aliphatic carbocycles. The summed E-state index contributed by atoms with van der Waals surface area (Å²) in [4.78, 5) is 10.1. The molecule has 0 N–H and O–H groups in total. The maximum Gasteiger partial charge on any atom is 0.416 e. The molecular formula is C28H33F6N7. The fourth-order valence-electron chi connectivity index (χ4n) is 5.05. The summed E-state index contributed by atoms with van der Waals surface area (Å²) >= 11 is 0. The highest BCUT2D eigenvalue weighted by molar-refractivity contribution is 5.52. The van der Waals surface area contributed by atoms with E-state index in [0.29, 0.717) is 11.8 Å². The van der Waals surface area contributed by atoms with Crippen molar-refractivity contribution in [2.75, 3.05) is 22.9 Å². The van der Waals surface area contributed by atoms with Crippen LogP contribution in [0.15, 0.2) is 24.3 Å². The number of rotatable bonds is 11. The van der Waals surface area contributed by atoms with Crippen LogP contribution in [0.4, 0.5) is 38.1 Å². The second kappa shape index (κ2) is 11.1. The van der Waals surface area contributed by atoms with Gasteiger partial charge in [-0.05, 0) is 91.5 Å². The lowest BCUT2D eigenvalue weighted by molar-refractivity contribution is -0.143. The first kappa shape index (κ1) is 29.1. The van der Waals surface area contributed by atoms with Crippen molar-refractivity contribution >= 4 is 11.8 Å². The van der Waals surface area contributed by atoms with Crippen molar-refractivity contribution in [1.29, 1.82) is 0 Å². The first-order valence-electron chi connectivity index (χ1n) is 13.8. The minimum absolute atomic E-state index is 0.0950. The molecule has 7 nitrogen and oxygen atoms in total. The van der Waals surface area contributed by atoms with Crippen molar-refractivity contribution in [1.82, 2.24) is 25.2 Å². The average Bonchev–Trinajstić information content (AvgIpc) is 3.83. The molecule has 13 heteroatoms. The molecular weight excluding hydrogens is 548 g/mol. The molecule has 222 valence electrons. The molecule has 1 aromatic carbocycles. The number of halogens is 6. The van der Waals surface area contributed by atoms with E-state index in [9.17, 15) is 26.3 Å². The molecule has 0 aliphatic heterocycles. The molecule has 2 aliphatic rings. The molecule has 41 heavy (non-hydrogen) atoms. The molecule has 0 radical (unpaired) electrons. The Morgan fingerprint density at radius 1 is 0.854 bits per heavy atom. The second-order valence-electron chi connectivity index (χ2n) is 11.2. The first-order chi connectivity index (χ1) is 19.3. The number of benzene rings is 1. The Labute approximate surface area is 234 Å². The van der Waals surface area contributed by atoms with Crippen LogP contribution in [0.25, 0.3) is 0 Å². The molecule has 0 spiro atoms. The fourth-order valence-corrected chi connectivity index (χ4v) is 5.05. The molecule has 2 fully saturated rings. The summed E-state index contributed by atoms with van der Waals surface area (Å²) in [7, 11) is 1.54. The van der Waals surface area contributed by atoms with Gasteiger partial charge in [-0.2, -0.15) is 31.1 Å². The molecule has 0 saturated heterocycles. The summed E-state index contributed by atoms with van der Waals surface area (Å²) in [5.41, 5.74) is -0.146. The van der Waals surface area contributed by atoms with E-state index >= 15 is 0 Å². The van der Waals surface area contributed by atoms with E-state index in [1.165, 1.54) is 4.80 Å². The van der Waals surface area contributed by atoms with Crippen molar-refractivity contribution in [2.45, 2.75) is 71.4 Å². The highest BCUT2D eigenvalue weighted by Crippen LogP contribution is 2.39. The number of anilines is 2. The van der Waals surface area contributed by atoms with E-state index in [2.05, 4.69) is 20.3 Å². The van der Waals surface area contributed by atoms with Gasteiger partial charge in [0.2, 0.25) is 0 Å². The summed E-state index contributed by atoms with van der Waals surface area (Å²) in [6.45, 7) is 5.56. The standard InChI is InChI=1S/C28H33F6N7/c1-4-24-17(2)9-21(25(35-24)40(13-18-5-6-18)14-19-7-8-19)16-41(26-36-38-39(3)37-26)15-20-10-22(27(29,30)31)12-23(11-20)28(32,33)34/h9-12,18-19H,4-8,13-16H2,1-3H3. The van der Waals surface area contributed by atoms with E-state index in [1.807, 2.05) is 19.9 Å². The van der Waals surface area contributed by atoms with E-state index in [4.69, 9.17) is 4.98 Å². The zero-order valence-electron chi connectivity index (χ0n) is 23.2. The highest BCUT2D eigenvalue weighted by atomic mass is 19.4. The van der Waals surface area contributed by atoms with E-state index < -0.39 is 23.5 Å². The van der Waals surface area contributed by atoms with Crippen molar-refractivity contribution in [3.05, 3.63) is 57.8 Å². The van der Waals surface area contributed by atoms with E-state index in [0.717, 1.165) is 80.0 Å². The zero-order valence-corrected chi connectivity index (χ0v) is 23.2. The van der Waals surface area contributed by atoms with Crippen LogP contribution in [0.3, 0.4) is 0 Å². The van der Waals surface area contributed by atoms with Gasteiger partial charge in [-0.25, -0.2) is 4.98 Å². The predicted octanol–water partition coefficient (Wildman–Crippen LogP) is 6.35. The zero-order chi connectivity index (χ0) is 29.5. The number of aromatic nitrogens is 5. The molecule has 2 aromatic heterocycles. The molecule has 0 bridgehead atoms.